The minimum atomic E-state index is -1.07. The predicted molar refractivity (Wildman–Crippen MR) is 186 cm³/mol. The number of rotatable bonds is 21. The standard InChI is InChI=1S/C34H39N7O8S/c1-2-3-4-5-6-7-8-9-10-14-17-30(33(43)44)49-26-20-18-24(19-21-26)35-32(42)27-22-31(29(41(47)48)23-28(27)40(45)46)50-34-36-37-38-39(34)25-15-12-11-13-16-25/h11-13,15-16,18-23,30H,2-10,14,17H2,1H3,(H,35,42)(H,43,44). The number of tetrazole rings is 1. The van der Waals surface area contributed by atoms with Gasteiger partial charge in [0.05, 0.1) is 26.5 Å². The Bertz CT molecular complexity index is 1750. The number of benzene rings is 3. The lowest BCUT2D eigenvalue weighted by atomic mass is 10.0. The quantitative estimate of drug-likeness (QED) is 0.0480. The Morgan fingerprint density at radius 2 is 1.50 bits per heavy atom. The Balaban J connectivity index is 1.40. The summed E-state index contributed by atoms with van der Waals surface area (Å²) in [5.74, 6) is -1.69. The number of anilines is 1. The zero-order chi connectivity index (χ0) is 35.9. The Morgan fingerprint density at radius 1 is 0.880 bits per heavy atom. The zero-order valence-corrected chi connectivity index (χ0v) is 28.4. The monoisotopic (exact) mass is 705 g/mol. The molecule has 4 rings (SSSR count). The van der Waals surface area contributed by atoms with E-state index in [0.717, 1.165) is 49.6 Å². The van der Waals surface area contributed by atoms with Crippen molar-refractivity contribution in [1.82, 2.24) is 20.2 Å². The number of amides is 1. The first-order valence-corrected chi connectivity index (χ1v) is 17.3. The average Bonchev–Trinajstić information content (AvgIpc) is 3.57. The Morgan fingerprint density at radius 3 is 2.10 bits per heavy atom. The number of nitro groups is 2. The van der Waals surface area contributed by atoms with Crippen LogP contribution in [0.4, 0.5) is 17.1 Å². The third-order valence-corrected chi connectivity index (χ3v) is 8.83. The first-order valence-electron chi connectivity index (χ1n) is 16.5. The molecule has 0 spiro atoms. The van der Waals surface area contributed by atoms with E-state index in [1.54, 1.807) is 30.3 Å². The van der Waals surface area contributed by atoms with Crippen molar-refractivity contribution < 1.29 is 29.3 Å². The third-order valence-electron chi connectivity index (χ3n) is 7.84. The number of nitrogens with one attached hydrogen (secondary N) is 1. The number of nitro benzene ring substituents is 2. The number of carboxylic acid groups (broad SMARTS) is 1. The summed E-state index contributed by atoms with van der Waals surface area (Å²) >= 11 is 0.770. The van der Waals surface area contributed by atoms with Crippen LogP contribution >= 0.6 is 11.8 Å². The van der Waals surface area contributed by atoms with Gasteiger partial charge in [0, 0.05) is 5.69 Å². The predicted octanol–water partition coefficient (Wildman–Crippen LogP) is 8.03. The van der Waals surface area contributed by atoms with E-state index in [1.165, 1.54) is 67.5 Å². The maximum atomic E-state index is 13.3. The molecule has 4 aromatic rings. The molecule has 1 heterocycles. The van der Waals surface area contributed by atoms with E-state index in [9.17, 15) is 34.9 Å². The molecule has 0 radical (unpaired) electrons. The Labute approximate surface area is 292 Å². The number of hydrogen-bond acceptors (Lipinski definition) is 11. The molecule has 264 valence electrons. The fourth-order valence-electron chi connectivity index (χ4n) is 5.22. The molecule has 1 amide bonds. The summed E-state index contributed by atoms with van der Waals surface area (Å²) in [4.78, 5) is 47.2. The number of ether oxygens (including phenoxy) is 1. The van der Waals surface area contributed by atoms with E-state index in [-0.39, 0.29) is 21.5 Å². The van der Waals surface area contributed by atoms with Crippen LogP contribution in [-0.2, 0) is 4.79 Å². The maximum Gasteiger partial charge on any atom is 0.344 e. The van der Waals surface area contributed by atoms with Gasteiger partial charge in [0.15, 0.2) is 6.10 Å². The minimum absolute atomic E-state index is 0.0939. The lowest BCUT2D eigenvalue weighted by Gasteiger charge is -2.15. The number of carboxylic acids is 1. The van der Waals surface area contributed by atoms with Gasteiger partial charge in [-0.15, -0.1) is 5.10 Å². The second-order valence-electron chi connectivity index (χ2n) is 11.6. The molecule has 0 aliphatic carbocycles. The van der Waals surface area contributed by atoms with Crippen LogP contribution in [0.1, 0.15) is 87.9 Å². The highest BCUT2D eigenvalue weighted by Crippen LogP contribution is 2.39. The van der Waals surface area contributed by atoms with Crippen molar-refractivity contribution in [3.05, 3.63) is 92.5 Å². The van der Waals surface area contributed by atoms with Gasteiger partial charge >= 0.3 is 5.97 Å². The molecule has 1 atom stereocenters. The fourth-order valence-corrected chi connectivity index (χ4v) is 6.13. The number of nitrogens with zero attached hydrogens (tertiary/aromatic N) is 6. The van der Waals surface area contributed by atoms with Crippen LogP contribution in [0.25, 0.3) is 5.69 Å². The van der Waals surface area contributed by atoms with Crippen molar-refractivity contribution in [2.45, 2.75) is 93.7 Å². The number of carbonyl (C=O) groups is 2. The molecule has 0 bridgehead atoms. The average molecular weight is 706 g/mol. The van der Waals surface area contributed by atoms with Crippen LogP contribution in [0.5, 0.6) is 5.75 Å². The van der Waals surface area contributed by atoms with Gasteiger partial charge in [0.1, 0.15) is 11.3 Å². The summed E-state index contributed by atoms with van der Waals surface area (Å²) in [6, 6.07) is 16.4. The van der Waals surface area contributed by atoms with E-state index < -0.39 is 44.8 Å². The molecule has 0 saturated carbocycles. The van der Waals surface area contributed by atoms with Gasteiger partial charge < -0.3 is 15.2 Å². The van der Waals surface area contributed by atoms with Gasteiger partial charge in [-0.2, -0.15) is 4.68 Å². The summed E-state index contributed by atoms with van der Waals surface area (Å²) in [5, 5.41) is 47.7. The molecular weight excluding hydrogens is 666 g/mol. The number of carbonyl (C=O) groups excluding carboxylic acids is 1. The van der Waals surface area contributed by atoms with E-state index in [1.807, 2.05) is 0 Å². The maximum absolute atomic E-state index is 13.3. The second-order valence-corrected chi connectivity index (χ2v) is 12.6. The number of para-hydroxylation sites is 1. The highest BCUT2D eigenvalue weighted by molar-refractivity contribution is 7.99. The van der Waals surface area contributed by atoms with Crippen LogP contribution < -0.4 is 10.1 Å². The normalized spacial score (nSPS) is 11.5. The first-order chi connectivity index (χ1) is 24.2. The SMILES string of the molecule is CCCCCCCCCCCCC(Oc1ccc(NC(=O)c2cc(Sc3nnnn3-c3ccccc3)c([N+](=O)[O-])cc2[N+](=O)[O-])cc1)C(=O)O. The highest BCUT2D eigenvalue weighted by atomic mass is 32.2. The molecule has 1 unspecified atom stereocenters. The van der Waals surface area contributed by atoms with Gasteiger partial charge in [0.25, 0.3) is 17.3 Å². The second kappa shape index (κ2) is 19.0. The van der Waals surface area contributed by atoms with E-state index >= 15 is 0 Å². The number of unbranched alkanes of at least 4 members (excludes halogenated alkanes) is 9. The smallest absolute Gasteiger partial charge is 0.344 e. The number of hydrogen-bond donors (Lipinski definition) is 2. The van der Waals surface area contributed by atoms with Crippen LogP contribution in [-0.4, -0.2) is 53.1 Å². The minimum Gasteiger partial charge on any atom is -0.479 e. The largest absolute Gasteiger partial charge is 0.479 e. The van der Waals surface area contributed by atoms with E-state index in [2.05, 4.69) is 27.8 Å². The highest BCUT2D eigenvalue weighted by Gasteiger charge is 2.30. The number of aliphatic carboxylic acids is 1. The summed E-state index contributed by atoms with van der Waals surface area (Å²) in [7, 11) is 0. The summed E-state index contributed by atoms with van der Waals surface area (Å²) < 4.78 is 7.05. The molecule has 0 saturated heterocycles. The Kier molecular flexibility index (Phi) is 14.2. The van der Waals surface area contributed by atoms with Gasteiger partial charge in [-0.05, 0) is 77.5 Å². The summed E-state index contributed by atoms with van der Waals surface area (Å²) in [6.45, 7) is 2.20. The van der Waals surface area contributed by atoms with Crippen molar-refractivity contribution in [1.29, 1.82) is 0 Å². The van der Waals surface area contributed by atoms with Crippen LogP contribution in [0.15, 0.2) is 76.8 Å². The summed E-state index contributed by atoms with van der Waals surface area (Å²) in [6.07, 6.45) is 10.6. The van der Waals surface area contributed by atoms with Crippen molar-refractivity contribution in [2.24, 2.45) is 0 Å². The van der Waals surface area contributed by atoms with Crippen molar-refractivity contribution >= 4 is 40.7 Å². The van der Waals surface area contributed by atoms with Crippen molar-refractivity contribution in [3.8, 4) is 11.4 Å². The van der Waals surface area contributed by atoms with Gasteiger partial charge in [0.2, 0.25) is 5.16 Å². The lowest BCUT2D eigenvalue weighted by Crippen LogP contribution is -2.26. The van der Waals surface area contributed by atoms with Gasteiger partial charge in [-0.25, -0.2) is 4.79 Å². The van der Waals surface area contributed by atoms with Gasteiger partial charge in [-0.3, -0.25) is 25.0 Å². The molecule has 15 nitrogen and oxygen atoms in total. The first kappa shape index (κ1) is 37.4. The lowest BCUT2D eigenvalue weighted by molar-refractivity contribution is -0.396. The zero-order valence-electron chi connectivity index (χ0n) is 27.6. The van der Waals surface area contributed by atoms with Crippen LogP contribution in [0, 0.1) is 20.2 Å². The molecule has 3 aromatic carbocycles. The molecule has 50 heavy (non-hydrogen) atoms. The van der Waals surface area contributed by atoms with Gasteiger partial charge in [-0.1, -0.05) is 82.9 Å². The molecule has 0 aliphatic rings. The Hall–Kier alpha value is -5.38. The molecule has 16 heteroatoms. The van der Waals surface area contributed by atoms with E-state index in [0.29, 0.717) is 12.1 Å². The van der Waals surface area contributed by atoms with Crippen LogP contribution in [0.2, 0.25) is 0 Å². The third kappa shape index (κ3) is 10.8. The molecule has 1 aromatic heterocycles. The fraction of sp³-hybridized carbons (Fsp3) is 0.382. The molecule has 0 fully saturated rings. The number of aromatic nitrogens is 4. The van der Waals surface area contributed by atoms with Crippen molar-refractivity contribution in [3.63, 3.8) is 0 Å². The van der Waals surface area contributed by atoms with E-state index in [4.69, 9.17) is 4.74 Å². The van der Waals surface area contributed by atoms with Crippen LogP contribution in [0.3, 0.4) is 0 Å². The summed E-state index contributed by atoms with van der Waals surface area (Å²) in [5.41, 5.74) is -0.989. The molecule has 2 N–H and O–H groups in total. The molecular formula is C34H39N7O8S. The topological polar surface area (TPSA) is 206 Å². The molecule has 0 aliphatic heterocycles. The van der Waals surface area contributed by atoms with Crippen molar-refractivity contribution in [2.75, 3.05) is 5.32 Å².